The van der Waals surface area contributed by atoms with E-state index in [2.05, 4.69) is 12.2 Å². The fourth-order valence-corrected chi connectivity index (χ4v) is 2.80. The zero-order chi connectivity index (χ0) is 18.0. The maximum Gasteiger partial charge on any atom is 0.217 e. The summed E-state index contributed by atoms with van der Waals surface area (Å²) in [4.78, 5) is 10.9. The van der Waals surface area contributed by atoms with Gasteiger partial charge in [-0.2, -0.15) is 0 Å². The number of nitrogens with one attached hydrogen (secondary N) is 1. The third-order valence-electron chi connectivity index (χ3n) is 4.31. The Morgan fingerprint density at radius 3 is 1.92 bits per heavy atom. The molecule has 0 aromatic carbocycles. The monoisotopic (exact) mass is 341 g/mol. The van der Waals surface area contributed by atoms with Crippen molar-refractivity contribution in [3.05, 3.63) is 12.2 Å². The lowest BCUT2D eigenvalue weighted by Crippen LogP contribution is -2.44. The smallest absolute Gasteiger partial charge is 0.217 e. The van der Waals surface area contributed by atoms with Crippen molar-refractivity contribution in [3.8, 4) is 0 Å². The van der Waals surface area contributed by atoms with Crippen molar-refractivity contribution in [2.75, 3.05) is 6.61 Å². The van der Waals surface area contributed by atoms with E-state index in [9.17, 15) is 9.90 Å². The Hall–Kier alpha value is -0.870. The van der Waals surface area contributed by atoms with Gasteiger partial charge in [0.15, 0.2) is 0 Å². The second-order valence-corrected chi connectivity index (χ2v) is 6.73. The third-order valence-corrected chi connectivity index (χ3v) is 4.31. The minimum atomic E-state index is -0.827. The first kappa shape index (κ1) is 23.1. The molecule has 0 saturated heterocycles. The van der Waals surface area contributed by atoms with E-state index in [4.69, 9.17) is 5.11 Å². The van der Waals surface area contributed by atoms with Crippen LogP contribution >= 0.6 is 0 Å². The molecule has 0 aromatic rings. The number of carbonyl (C=O) groups excluding carboxylic acids is 1. The van der Waals surface area contributed by atoms with Crippen LogP contribution in [0.15, 0.2) is 12.2 Å². The van der Waals surface area contributed by atoms with Gasteiger partial charge in [-0.25, -0.2) is 0 Å². The molecular formula is C20H39NO3. The highest BCUT2D eigenvalue weighted by Gasteiger charge is 2.15. The standard InChI is InChI=1S/C20H39NO3/c1-3-4-5-6-7-8-9-10-11-12-13-14-15-16-20(24)19(17-22)21-18(2)23/h15-16,19-20,22,24H,3-14,17H2,1-2H3,(H,21,23)/b16-15+/t19?,20-/m1/s1. The van der Waals surface area contributed by atoms with Crippen molar-refractivity contribution in [1.82, 2.24) is 5.32 Å². The molecule has 0 saturated carbocycles. The van der Waals surface area contributed by atoms with Crippen molar-refractivity contribution in [3.63, 3.8) is 0 Å². The average Bonchev–Trinajstić information content (AvgIpc) is 2.56. The van der Waals surface area contributed by atoms with Crippen molar-refractivity contribution in [1.29, 1.82) is 0 Å². The molecule has 4 nitrogen and oxygen atoms in total. The van der Waals surface area contributed by atoms with Gasteiger partial charge >= 0.3 is 0 Å². The van der Waals surface area contributed by atoms with Crippen LogP contribution in [0.25, 0.3) is 0 Å². The molecular weight excluding hydrogens is 302 g/mol. The number of aliphatic hydroxyl groups excluding tert-OH is 2. The third kappa shape index (κ3) is 14.7. The Morgan fingerprint density at radius 1 is 0.958 bits per heavy atom. The van der Waals surface area contributed by atoms with Gasteiger partial charge in [0.2, 0.25) is 5.91 Å². The maximum atomic E-state index is 10.9. The molecule has 0 rings (SSSR count). The molecule has 4 heteroatoms. The van der Waals surface area contributed by atoms with E-state index in [1.165, 1.54) is 71.1 Å². The van der Waals surface area contributed by atoms with Crippen LogP contribution in [0.1, 0.15) is 90.9 Å². The minimum Gasteiger partial charge on any atom is -0.394 e. The van der Waals surface area contributed by atoms with Gasteiger partial charge in [-0.1, -0.05) is 83.3 Å². The van der Waals surface area contributed by atoms with Crippen molar-refractivity contribution in [2.24, 2.45) is 0 Å². The summed E-state index contributed by atoms with van der Waals surface area (Å²) < 4.78 is 0. The Labute approximate surface area is 148 Å². The van der Waals surface area contributed by atoms with Crippen LogP contribution in [-0.2, 0) is 4.79 Å². The summed E-state index contributed by atoms with van der Waals surface area (Å²) in [7, 11) is 0. The lowest BCUT2D eigenvalue weighted by Gasteiger charge is -2.18. The van der Waals surface area contributed by atoms with Gasteiger partial charge in [0, 0.05) is 6.92 Å². The molecule has 0 aliphatic carbocycles. The normalized spacial score (nSPS) is 14.0. The summed E-state index contributed by atoms with van der Waals surface area (Å²) >= 11 is 0. The van der Waals surface area contributed by atoms with E-state index in [-0.39, 0.29) is 12.5 Å². The fraction of sp³-hybridized carbons (Fsp3) is 0.850. The van der Waals surface area contributed by atoms with E-state index in [1.54, 1.807) is 6.08 Å². The van der Waals surface area contributed by atoms with Crippen LogP contribution in [0.5, 0.6) is 0 Å². The average molecular weight is 342 g/mol. The first-order valence-corrected chi connectivity index (χ1v) is 9.84. The van der Waals surface area contributed by atoms with Crippen LogP contribution in [-0.4, -0.2) is 34.9 Å². The van der Waals surface area contributed by atoms with Gasteiger partial charge in [0.25, 0.3) is 0 Å². The maximum absolute atomic E-state index is 10.9. The fourth-order valence-electron chi connectivity index (χ4n) is 2.80. The van der Waals surface area contributed by atoms with Crippen LogP contribution < -0.4 is 5.32 Å². The summed E-state index contributed by atoms with van der Waals surface area (Å²) in [5.74, 6) is -0.244. The highest BCUT2D eigenvalue weighted by atomic mass is 16.3. The highest BCUT2D eigenvalue weighted by Crippen LogP contribution is 2.12. The summed E-state index contributed by atoms with van der Waals surface area (Å²) in [6.45, 7) is 3.37. The molecule has 0 radical (unpaired) electrons. The molecule has 0 aliphatic rings. The largest absolute Gasteiger partial charge is 0.394 e. The van der Waals surface area contributed by atoms with Crippen LogP contribution in [0.2, 0.25) is 0 Å². The molecule has 1 unspecified atom stereocenters. The predicted molar refractivity (Wildman–Crippen MR) is 101 cm³/mol. The second kappa shape index (κ2) is 17.0. The topological polar surface area (TPSA) is 69.6 Å². The molecule has 0 bridgehead atoms. The van der Waals surface area contributed by atoms with E-state index in [1.807, 2.05) is 6.08 Å². The Kier molecular flexibility index (Phi) is 16.4. The molecule has 0 heterocycles. The van der Waals surface area contributed by atoms with Gasteiger partial charge < -0.3 is 15.5 Å². The number of allylic oxidation sites excluding steroid dienone is 1. The van der Waals surface area contributed by atoms with Gasteiger partial charge in [-0.15, -0.1) is 0 Å². The Balaban J connectivity index is 3.47. The predicted octanol–water partition coefficient (Wildman–Crippen LogP) is 4.10. The molecule has 2 atom stereocenters. The molecule has 0 aromatic heterocycles. The summed E-state index contributed by atoms with van der Waals surface area (Å²) in [6, 6.07) is -0.615. The first-order chi connectivity index (χ1) is 11.6. The summed E-state index contributed by atoms with van der Waals surface area (Å²) in [5.41, 5.74) is 0. The molecule has 1 amide bonds. The van der Waals surface area contributed by atoms with E-state index in [0.29, 0.717) is 0 Å². The van der Waals surface area contributed by atoms with Gasteiger partial charge in [-0.05, 0) is 12.8 Å². The second-order valence-electron chi connectivity index (χ2n) is 6.73. The zero-order valence-corrected chi connectivity index (χ0v) is 15.8. The molecule has 0 spiro atoms. The number of hydrogen-bond acceptors (Lipinski definition) is 3. The molecule has 142 valence electrons. The number of unbranched alkanes of at least 4 members (excludes halogenated alkanes) is 11. The van der Waals surface area contributed by atoms with Crippen molar-refractivity contribution in [2.45, 2.75) is 103 Å². The number of rotatable bonds is 16. The quantitative estimate of drug-likeness (QED) is 0.292. The number of carbonyl (C=O) groups is 1. The van der Waals surface area contributed by atoms with Crippen LogP contribution in [0.4, 0.5) is 0 Å². The number of amides is 1. The Bertz CT molecular complexity index is 318. The van der Waals surface area contributed by atoms with Crippen molar-refractivity contribution < 1.29 is 15.0 Å². The van der Waals surface area contributed by atoms with Crippen LogP contribution in [0.3, 0.4) is 0 Å². The van der Waals surface area contributed by atoms with E-state index >= 15 is 0 Å². The van der Waals surface area contributed by atoms with Gasteiger partial charge in [-0.3, -0.25) is 4.79 Å². The van der Waals surface area contributed by atoms with Gasteiger partial charge in [0.05, 0.1) is 18.8 Å². The number of hydrogen-bond donors (Lipinski definition) is 3. The molecule has 0 aliphatic heterocycles. The van der Waals surface area contributed by atoms with Crippen LogP contribution in [0, 0.1) is 0 Å². The van der Waals surface area contributed by atoms with E-state index < -0.39 is 12.1 Å². The molecule has 3 N–H and O–H groups in total. The minimum absolute atomic E-state index is 0.244. The zero-order valence-electron chi connectivity index (χ0n) is 15.8. The summed E-state index contributed by atoms with van der Waals surface area (Å²) in [6.07, 6.45) is 18.3. The van der Waals surface area contributed by atoms with E-state index in [0.717, 1.165) is 12.8 Å². The Morgan fingerprint density at radius 2 is 1.46 bits per heavy atom. The number of aliphatic hydroxyl groups is 2. The van der Waals surface area contributed by atoms with Crippen molar-refractivity contribution >= 4 is 5.91 Å². The molecule has 0 fully saturated rings. The van der Waals surface area contributed by atoms with Gasteiger partial charge in [0.1, 0.15) is 0 Å². The highest BCUT2D eigenvalue weighted by molar-refractivity contribution is 5.73. The lowest BCUT2D eigenvalue weighted by atomic mass is 10.0. The molecule has 24 heavy (non-hydrogen) atoms. The summed E-state index contributed by atoms with van der Waals surface area (Å²) in [5, 5.41) is 21.5. The lowest BCUT2D eigenvalue weighted by molar-refractivity contribution is -0.120. The first-order valence-electron chi connectivity index (χ1n) is 9.84. The SMILES string of the molecule is CCCCCCCCCCCCC/C=C/[C@@H](O)C(CO)NC(C)=O.